The molecule has 0 atom stereocenters. The average Bonchev–Trinajstić information content (AvgIpc) is 3.22. The van der Waals surface area contributed by atoms with Crippen LogP contribution in [0.5, 0.6) is 11.5 Å². The molecule has 1 aliphatic heterocycles. The Hall–Kier alpha value is -5.08. The normalized spacial score (nSPS) is 25.9. The number of para-hydroxylation sites is 1. The van der Waals surface area contributed by atoms with Gasteiger partial charge in [-0.25, -0.2) is 0 Å². The highest BCUT2D eigenvalue weighted by Gasteiger charge is 2.62. The van der Waals surface area contributed by atoms with Gasteiger partial charge in [0, 0.05) is 22.2 Å². The number of benzene rings is 6. The lowest BCUT2D eigenvalue weighted by Gasteiger charge is -2.63. The first kappa shape index (κ1) is 34.2. The maximum absolute atomic E-state index is 7.51. The first-order valence-corrected chi connectivity index (χ1v) is 21.3. The fraction of sp³-hybridized carbons (Fsp3) is 0.333. The molecule has 5 aliphatic carbocycles. The Morgan fingerprint density at radius 2 is 1.07 bits per heavy atom. The van der Waals surface area contributed by atoms with Crippen molar-refractivity contribution in [3.05, 3.63) is 162 Å². The zero-order valence-corrected chi connectivity index (χ0v) is 33.4. The van der Waals surface area contributed by atoms with Gasteiger partial charge in [0.2, 0.25) is 0 Å². The van der Waals surface area contributed by atoms with Gasteiger partial charge in [0.05, 0.1) is 11.4 Å². The standard InChI is InChI=1S/C54H53NO/c1-52(2)28-29-53(3,4)50-45(52)19-13-20-46(50)55(42-24-22-38(23-25-42)37-14-7-5-8-15-37)47-27-26-43(39-16-9-6-10-17-39)49-51(47)56-48-21-12-11-18-44(48)54(49)40-31-35-30-36(33-40)34-41(54)32-35/h5-27,35-36,40-41H,28-34H2,1-4H3. The molecule has 6 aromatic carbocycles. The number of rotatable bonds is 5. The summed E-state index contributed by atoms with van der Waals surface area (Å²) in [4.78, 5) is 2.59. The Morgan fingerprint density at radius 3 is 1.77 bits per heavy atom. The first-order chi connectivity index (χ1) is 27.2. The van der Waals surface area contributed by atoms with E-state index < -0.39 is 0 Å². The van der Waals surface area contributed by atoms with Crippen LogP contribution in [0.25, 0.3) is 22.3 Å². The van der Waals surface area contributed by atoms with Crippen molar-refractivity contribution < 1.29 is 4.74 Å². The molecule has 0 N–H and O–H groups in total. The van der Waals surface area contributed by atoms with E-state index in [1.54, 1.807) is 0 Å². The molecule has 0 radical (unpaired) electrons. The van der Waals surface area contributed by atoms with Crippen LogP contribution in [-0.4, -0.2) is 0 Å². The van der Waals surface area contributed by atoms with Crippen molar-refractivity contribution in [2.75, 3.05) is 4.90 Å². The van der Waals surface area contributed by atoms with Crippen molar-refractivity contribution >= 4 is 17.1 Å². The number of anilines is 3. The van der Waals surface area contributed by atoms with Crippen LogP contribution >= 0.6 is 0 Å². The highest BCUT2D eigenvalue weighted by atomic mass is 16.5. The van der Waals surface area contributed by atoms with E-state index in [9.17, 15) is 0 Å². The van der Waals surface area contributed by atoms with E-state index in [0.29, 0.717) is 11.8 Å². The molecule has 1 heterocycles. The first-order valence-electron chi connectivity index (χ1n) is 21.3. The van der Waals surface area contributed by atoms with Gasteiger partial charge in [-0.05, 0) is 143 Å². The molecule has 4 bridgehead atoms. The van der Waals surface area contributed by atoms with Crippen molar-refractivity contribution in [2.45, 2.75) is 88.9 Å². The van der Waals surface area contributed by atoms with Crippen LogP contribution in [0.1, 0.15) is 94.9 Å². The number of fused-ring (bicyclic) bond motifs is 3. The van der Waals surface area contributed by atoms with Crippen LogP contribution in [-0.2, 0) is 16.2 Å². The molecule has 280 valence electrons. The summed E-state index contributed by atoms with van der Waals surface area (Å²) in [6, 6.07) is 52.4. The molecule has 2 nitrogen and oxygen atoms in total. The second kappa shape index (κ2) is 12.5. The number of ether oxygens (including phenoxy) is 1. The number of hydrogen-bond donors (Lipinski definition) is 0. The molecule has 6 aliphatic rings. The maximum Gasteiger partial charge on any atom is 0.156 e. The molecule has 56 heavy (non-hydrogen) atoms. The van der Waals surface area contributed by atoms with Crippen LogP contribution in [0.4, 0.5) is 17.1 Å². The summed E-state index contributed by atoms with van der Waals surface area (Å²) in [7, 11) is 0. The van der Waals surface area contributed by atoms with Crippen molar-refractivity contribution in [3.8, 4) is 33.8 Å². The molecule has 0 aromatic heterocycles. The zero-order chi connectivity index (χ0) is 37.8. The van der Waals surface area contributed by atoms with E-state index in [0.717, 1.165) is 41.1 Å². The second-order valence-electron chi connectivity index (χ2n) is 19.2. The van der Waals surface area contributed by atoms with E-state index in [4.69, 9.17) is 4.74 Å². The third kappa shape index (κ3) is 5.00. The minimum absolute atomic E-state index is 0.00379. The Kier molecular flexibility index (Phi) is 7.61. The van der Waals surface area contributed by atoms with Gasteiger partial charge in [-0.15, -0.1) is 0 Å². The van der Waals surface area contributed by atoms with Crippen LogP contribution in [0.15, 0.2) is 140 Å². The van der Waals surface area contributed by atoms with E-state index in [1.807, 2.05) is 0 Å². The van der Waals surface area contributed by atoms with Gasteiger partial charge in [0.1, 0.15) is 5.75 Å². The minimum atomic E-state index is -0.0982. The summed E-state index contributed by atoms with van der Waals surface area (Å²) in [5.41, 5.74) is 14.4. The lowest BCUT2D eigenvalue weighted by Crippen LogP contribution is -2.57. The van der Waals surface area contributed by atoms with Gasteiger partial charge in [0.25, 0.3) is 0 Å². The summed E-state index contributed by atoms with van der Waals surface area (Å²) in [6.07, 6.45) is 9.03. The molecule has 0 amide bonds. The zero-order valence-electron chi connectivity index (χ0n) is 33.4. The maximum atomic E-state index is 7.51. The van der Waals surface area contributed by atoms with Crippen molar-refractivity contribution in [1.29, 1.82) is 0 Å². The Morgan fingerprint density at radius 1 is 0.482 bits per heavy atom. The van der Waals surface area contributed by atoms with Gasteiger partial charge < -0.3 is 9.64 Å². The van der Waals surface area contributed by atoms with Gasteiger partial charge >= 0.3 is 0 Å². The summed E-state index contributed by atoms with van der Waals surface area (Å²) in [6.45, 7) is 9.81. The molecule has 0 unspecified atom stereocenters. The van der Waals surface area contributed by atoms with Crippen molar-refractivity contribution in [2.24, 2.45) is 23.7 Å². The minimum Gasteiger partial charge on any atom is -0.454 e. The summed E-state index contributed by atoms with van der Waals surface area (Å²) < 4.78 is 7.51. The number of hydrogen-bond acceptors (Lipinski definition) is 2. The highest BCUT2D eigenvalue weighted by molar-refractivity contribution is 5.90. The number of nitrogens with zero attached hydrogens (tertiary/aromatic N) is 1. The monoisotopic (exact) mass is 731 g/mol. The molecule has 4 fully saturated rings. The molecular formula is C54H53NO. The molecule has 0 saturated heterocycles. The van der Waals surface area contributed by atoms with Gasteiger partial charge in [-0.2, -0.15) is 0 Å². The van der Waals surface area contributed by atoms with Gasteiger partial charge in [-0.1, -0.05) is 137 Å². The van der Waals surface area contributed by atoms with Crippen LogP contribution in [0, 0.1) is 23.7 Å². The summed E-state index contributed by atoms with van der Waals surface area (Å²) in [5.74, 6) is 5.01. The fourth-order valence-electron chi connectivity index (χ4n) is 12.8. The summed E-state index contributed by atoms with van der Waals surface area (Å²) in [5, 5.41) is 0. The average molecular weight is 732 g/mol. The molecule has 2 heteroatoms. The van der Waals surface area contributed by atoms with Crippen molar-refractivity contribution in [3.63, 3.8) is 0 Å². The third-order valence-electron chi connectivity index (χ3n) is 15.1. The predicted octanol–water partition coefficient (Wildman–Crippen LogP) is 14.7. The van der Waals surface area contributed by atoms with E-state index in [1.165, 1.54) is 88.7 Å². The van der Waals surface area contributed by atoms with Gasteiger partial charge in [-0.3, -0.25) is 0 Å². The topological polar surface area (TPSA) is 12.5 Å². The molecule has 12 rings (SSSR count). The lowest BCUT2D eigenvalue weighted by molar-refractivity contribution is -0.0449. The summed E-state index contributed by atoms with van der Waals surface area (Å²) >= 11 is 0. The highest BCUT2D eigenvalue weighted by Crippen LogP contribution is 2.71. The van der Waals surface area contributed by atoms with E-state index >= 15 is 0 Å². The second-order valence-corrected chi connectivity index (χ2v) is 19.2. The smallest absolute Gasteiger partial charge is 0.156 e. The molecule has 1 spiro atoms. The van der Waals surface area contributed by atoms with Crippen LogP contribution < -0.4 is 9.64 Å². The Labute approximate surface area is 333 Å². The molecule has 4 saturated carbocycles. The quantitative estimate of drug-likeness (QED) is 0.175. The van der Waals surface area contributed by atoms with Crippen molar-refractivity contribution in [1.82, 2.24) is 0 Å². The Balaban J connectivity index is 1.22. The molecular weight excluding hydrogens is 679 g/mol. The lowest BCUT2D eigenvalue weighted by atomic mass is 9.41. The third-order valence-corrected chi connectivity index (χ3v) is 15.1. The van der Waals surface area contributed by atoms with Gasteiger partial charge in [0.15, 0.2) is 5.75 Å². The van der Waals surface area contributed by atoms with E-state index in [-0.39, 0.29) is 16.2 Å². The van der Waals surface area contributed by atoms with E-state index in [2.05, 4.69) is 172 Å². The Bertz CT molecular complexity index is 2430. The SMILES string of the molecule is CC1(C)CCC(C)(C)c2c(N(c3ccc(-c4ccccc4)cc3)c3ccc(-c4ccccc4)c4c3Oc3ccccc3C43C4CC5CC(C4)CC3C5)cccc21. The molecule has 6 aromatic rings. The van der Waals surface area contributed by atoms with Crippen LogP contribution in [0.2, 0.25) is 0 Å². The predicted molar refractivity (Wildman–Crippen MR) is 232 cm³/mol. The van der Waals surface area contributed by atoms with Crippen LogP contribution in [0.3, 0.4) is 0 Å². The fourth-order valence-corrected chi connectivity index (χ4v) is 12.8. The largest absolute Gasteiger partial charge is 0.454 e.